The second-order valence-corrected chi connectivity index (χ2v) is 6.52. The number of fused-ring (bicyclic) bond motifs is 1. The zero-order chi connectivity index (χ0) is 13.2. The van der Waals surface area contributed by atoms with Crippen LogP contribution in [-0.4, -0.2) is 48.4 Å². The normalized spacial score (nSPS) is 16.7. The van der Waals surface area contributed by atoms with Gasteiger partial charge >= 0.3 is 0 Å². The maximum Gasteiger partial charge on any atom is 0.264 e. The number of hydrogen-bond acceptors (Lipinski definition) is 5. The Morgan fingerprint density at radius 2 is 2.11 bits per heavy atom. The topological polar surface area (TPSA) is 47.3 Å². The first kappa shape index (κ1) is 12.6. The van der Waals surface area contributed by atoms with E-state index in [1.807, 2.05) is 11.0 Å². The third kappa shape index (κ3) is 2.50. The number of nitrogens with zero attached hydrogens (tertiary/aromatic N) is 3. The molecule has 19 heavy (non-hydrogen) atoms. The number of carbonyl (C=O) groups is 1. The fraction of sp³-hybridized carbons (Fsp3) is 0.385. The van der Waals surface area contributed by atoms with Crippen LogP contribution in [0.2, 0.25) is 0 Å². The Bertz CT molecular complexity index is 603. The van der Waals surface area contributed by atoms with Crippen molar-refractivity contribution in [3.05, 3.63) is 22.4 Å². The number of carbonyl (C=O) groups excluding carboxylic acids is 1. The van der Waals surface area contributed by atoms with Crippen molar-refractivity contribution in [1.29, 1.82) is 5.26 Å². The molecule has 0 spiro atoms. The van der Waals surface area contributed by atoms with Gasteiger partial charge in [0.05, 0.1) is 17.5 Å². The van der Waals surface area contributed by atoms with E-state index in [1.165, 1.54) is 9.40 Å². The summed E-state index contributed by atoms with van der Waals surface area (Å²) in [6.45, 7) is 3.47. The molecule has 1 amide bonds. The minimum atomic E-state index is 0.130. The van der Waals surface area contributed by atoms with Crippen LogP contribution in [0.5, 0.6) is 0 Å². The first-order valence-electron chi connectivity index (χ1n) is 6.13. The molecule has 0 radical (unpaired) electrons. The smallest absolute Gasteiger partial charge is 0.264 e. The van der Waals surface area contributed by atoms with Crippen molar-refractivity contribution in [2.75, 3.05) is 32.7 Å². The van der Waals surface area contributed by atoms with E-state index in [0.29, 0.717) is 19.6 Å². The lowest BCUT2D eigenvalue weighted by Crippen LogP contribution is -2.48. The van der Waals surface area contributed by atoms with E-state index in [-0.39, 0.29) is 5.91 Å². The van der Waals surface area contributed by atoms with Crippen LogP contribution in [-0.2, 0) is 0 Å². The fourth-order valence-electron chi connectivity index (χ4n) is 2.24. The highest BCUT2D eigenvalue weighted by Gasteiger charge is 2.23. The first-order valence-corrected chi connectivity index (χ1v) is 7.83. The summed E-state index contributed by atoms with van der Waals surface area (Å²) >= 11 is 3.24. The van der Waals surface area contributed by atoms with E-state index in [2.05, 4.69) is 22.4 Å². The van der Waals surface area contributed by atoms with Crippen LogP contribution in [0.3, 0.4) is 0 Å². The second-order valence-electron chi connectivity index (χ2n) is 4.49. The summed E-state index contributed by atoms with van der Waals surface area (Å²) in [6, 6.07) is 6.21. The summed E-state index contributed by atoms with van der Waals surface area (Å²) in [4.78, 5) is 17.2. The van der Waals surface area contributed by atoms with Crippen LogP contribution in [0, 0.1) is 11.3 Å². The van der Waals surface area contributed by atoms with Gasteiger partial charge in [0.25, 0.3) is 5.91 Å². The molecule has 3 heterocycles. The van der Waals surface area contributed by atoms with Gasteiger partial charge in [-0.25, -0.2) is 0 Å². The zero-order valence-corrected chi connectivity index (χ0v) is 12.0. The van der Waals surface area contributed by atoms with Crippen LogP contribution in [0.4, 0.5) is 0 Å². The van der Waals surface area contributed by atoms with Crippen molar-refractivity contribution >= 4 is 38.0 Å². The summed E-state index contributed by atoms with van der Waals surface area (Å²) in [5, 5.41) is 10.7. The Labute approximate surface area is 119 Å². The summed E-state index contributed by atoms with van der Waals surface area (Å²) in [5.41, 5.74) is 0. The van der Waals surface area contributed by atoms with Crippen molar-refractivity contribution in [3.8, 4) is 6.07 Å². The molecule has 0 saturated carbocycles. The zero-order valence-electron chi connectivity index (χ0n) is 10.3. The van der Waals surface area contributed by atoms with Crippen LogP contribution < -0.4 is 0 Å². The number of amides is 1. The van der Waals surface area contributed by atoms with Gasteiger partial charge in [-0.3, -0.25) is 9.69 Å². The average Bonchev–Trinajstić information content (AvgIpc) is 3.00. The molecule has 0 bridgehead atoms. The molecule has 0 aliphatic carbocycles. The van der Waals surface area contributed by atoms with Crippen LogP contribution in [0.25, 0.3) is 9.40 Å². The Kier molecular flexibility index (Phi) is 3.51. The highest BCUT2D eigenvalue weighted by molar-refractivity contribution is 7.27. The van der Waals surface area contributed by atoms with E-state index in [1.54, 1.807) is 22.7 Å². The predicted molar refractivity (Wildman–Crippen MR) is 77.7 cm³/mol. The molecular formula is C13H13N3OS2. The molecule has 0 unspecified atom stereocenters. The van der Waals surface area contributed by atoms with Crippen LogP contribution >= 0.6 is 22.7 Å². The number of rotatable bonds is 2. The minimum Gasteiger partial charge on any atom is -0.335 e. The van der Waals surface area contributed by atoms with Crippen LogP contribution in [0.15, 0.2) is 17.5 Å². The Morgan fingerprint density at radius 1 is 1.32 bits per heavy atom. The van der Waals surface area contributed by atoms with Gasteiger partial charge in [-0.2, -0.15) is 5.26 Å². The lowest BCUT2D eigenvalue weighted by molar-refractivity contribution is 0.0656. The van der Waals surface area contributed by atoms with Gasteiger partial charge in [0.15, 0.2) is 0 Å². The van der Waals surface area contributed by atoms with Crippen molar-refractivity contribution < 1.29 is 4.79 Å². The summed E-state index contributed by atoms with van der Waals surface area (Å²) < 4.78 is 2.38. The molecule has 6 heteroatoms. The molecule has 3 rings (SSSR count). The van der Waals surface area contributed by atoms with Gasteiger partial charge in [-0.1, -0.05) is 0 Å². The second kappa shape index (κ2) is 5.29. The third-order valence-corrected chi connectivity index (χ3v) is 5.39. The van der Waals surface area contributed by atoms with Gasteiger partial charge in [0, 0.05) is 35.6 Å². The SMILES string of the molecule is N#CCN1CCN(C(=O)c2cc3sccc3s2)CC1. The predicted octanol–water partition coefficient (Wildman–Crippen LogP) is 2.24. The number of thiophene rings is 2. The van der Waals surface area contributed by atoms with Gasteiger partial charge in [0.1, 0.15) is 0 Å². The number of hydrogen-bond donors (Lipinski definition) is 0. The van der Waals surface area contributed by atoms with Gasteiger partial charge in [0.2, 0.25) is 0 Å². The summed E-state index contributed by atoms with van der Waals surface area (Å²) in [5.74, 6) is 0.130. The lowest BCUT2D eigenvalue weighted by Gasteiger charge is -2.33. The van der Waals surface area contributed by atoms with Gasteiger partial charge in [-0.05, 0) is 17.5 Å². The Balaban J connectivity index is 1.68. The minimum absolute atomic E-state index is 0.130. The standard InChI is InChI=1S/C13H13N3OS2/c14-2-3-15-4-6-16(7-5-15)13(17)12-9-11-10(19-12)1-8-18-11/h1,8-9H,3-7H2. The Hall–Kier alpha value is -1.42. The molecule has 2 aromatic heterocycles. The van der Waals surface area contributed by atoms with E-state index in [4.69, 9.17) is 5.26 Å². The average molecular weight is 291 g/mol. The molecular weight excluding hydrogens is 278 g/mol. The molecule has 4 nitrogen and oxygen atoms in total. The number of piperazine rings is 1. The van der Waals surface area contributed by atoms with Crippen molar-refractivity contribution in [1.82, 2.24) is 9.80 Å². The van der Waals surface area contributed by atoms with Crippen molar-refractivity contribution in [2.24, 2.45) is 0 Å². The lowest BCUT2D eigenvalue weighted by atomic mass is 10.3. The van der Waals surface area contributed by atoms with Gasteiger partial charge in [-0.15, -0.1) is 22.7 Å². The molecule has 0 N–H and O–H groups in total. The number of nitriles is 1. The molecule has 2 aromatic rings. The highest BCUT2D eigenvalue weighted by Crippen LogP contribution is 2.30. The molecule has 98 valence electrons. The van der Waals surface area contributed by atoms with E-state index >= 15 is 0 Å². The summed E-state index contributed by atoms with van der Waals surface area (Å²) in [7, 11) is 0. The molecule has 1 saturated heterocycles. The highest BCUT2D eigenvalue weighted by atomic mass is 32.1. The third-order valence-electron chi connectivity index (χ3n) is 3.30. The van der Waals surface area contributed by atoms with E-state index < -0.39 is 0 Å². The molecule has 1 aliphatic rings. The maximum atomic E-state index is 12.4. The van der Waals surface area contributed by atoms with Gasteiger partial charge < -0.3 is 4.90 Å². The monoisotopic (exact) mass is 291 g/mol. The first-order chi connectivity index (χ1) is 9.28. The Morgan fingerprint density at radius 3 is 2.79 bits per heavy atom. The molecule has 1 aliphatic heterocycles. The molecule has 0 aromatic carbocycles. The van der Waals surface area contributed by atoms with Crippen molar-refractivity contribution in [3.63, 3.8) is 0 Å². The largest absolute Gasteiger partial charge is 0.335 e. The quantitative estimate of drug-likeness (QED) is 0.797. The fourth-order valence-corrected chi connectivity index (χ4v) is 4.31. The van der Waals surface area contributed by atoms with Crippen molar-refractivity contribution in [2.45, 2.75) is 0 Å². The maximum absolute atomic E-state index is 12.4. The van der Waals surface area contributed by atoms with Crippen LogP contribution in [0.1, 0.15) is 9.67 Å². The molecule has 1 fully saturated rings. The molecule has 0 atom stereocenters. The van der Waals surface area contributed by atoms with E-state index in [0.717, 1.165) is 18.0 Å². The van der Waals surface area contributed by atoms with E-state index in [9.17, 15) is 4.79 Å². The summed E-state index contributed by atoms with van der Waals surface area (Å²) in [6.07, 6.45) is 0.